The fraction of sp³-hybridized carbons (Fsp3) is 0.118. The number of hydrogen-bond donors (Lipinski definition) is 1. The molecule has 1 aliphatic rings. The molecule has 2 aromatic rings. The summed E-state index contributed by atoms with van der Waals surface area (Å²) in [6.07, 6.45) is 2.95. The standard InChI is InChI=1S/C17H14N2O/c18-12-14-6-8-15(9-7-14)17-11-16(20-19-17)10-13-4-2-1-3-5-13/h1-9,11,16,19H,10H2. The molecule has 0 aromatic heterocycles. The third kappa shape index (κ3) is 2.71. The lowest BCUT2D eigenvalue weighted by molar-refractivity contribution is 0.0520. The fourth-order valence-electron chi connectivity index (χ4n) is 2.22. The van der Waals surface area contributed by atoms with E-state index >= 15 is 0 Å². The van der Waals surface area contributed by atoms with Gasteiger partial charge in [0.25, 0.3) is 0 Å². The van der Waals surface area contributed by atoms with E-state index in [9.17, 15) is 0 Å². The van der Waals surface area contributed by atoms with Crippen molar-refractivity contribution in [1.29, 1.82) is 5.26 Å². The SMILES string of the molecule is N#Cc1ccc(C2=CC(Cc3ccccc3)ON2)cc1. The van der Waals surface area contributed by atoms with Gasteiger partial charge < -0.3 is 0 Å². The molecule has 1 unspecified atom stereocenters. The molecular formula is C17H14N2O. The molecule has 0 saturated carbocycles. The van der Waals surface area contributed by atoms with Crippen LogP contribution in [0.4, 0.5) is 0 Å². The largest absolute Gasteiger partial charge is 0.268 e. The predicted octanol–water partition coefficient (Wildman–Crippen LogP) is 3.05. The van der Waals surface area contributed by atoms with E-state index in [1.807, 2.05) is 42.5 Å². The van der Waals surface area contributed by atoms with Crippen molar-refractivity contribution in [2.45, 2.75) is 12.5 Å². The number of hydroxylamine groups is 1. The zero-order chi connectivity index (χ0) is 13.8. The van der Waals surface area contributed by atoms with Crippen LogP contribution in [0.15, 0.2) is 60.7 Å². The van der Waals surface area contributed by atoms with Gasteiger partial charge in [0.2, 0.25) is 0 Å². The molecule has 98 valence electrons. The average molecular weight is 262 g/mol. The minimum atomic E-state index is 0.0306. The molecule has 0 aliphatic carbocycles. The van der Waals surface area contributed by atoms with E-state index in [4.69, 9.17) is 10.1 Å². The highest BCUT2D eigenvalue weighted by atomic mass is 16.7. The van der Waals surface area contributed by atoms with E-state index in [1.165, 1.54) is 5.56 Å². The van der Waals surface area contributed by atoms with Crippen molar-refractivity contribution in [2.24, 2.45) is 0 Å². The van der Waals surface area contributed by atoms with Crippen LogP contribution in [0, 0.1) is 11.3 Å². The minimum absolute atomic E-state index is 0.0306. The molecule has 0 radical (unpaired) electrons. The summed E-state index contributed by atoms with van der Waals surface area (Å²) in [7, 11) is 0. The Morgan fingerprint density at radius 1 is 1.05 bits per heavy atom. The van der Waals surface area contributed by atoms with E-state index in [0.29, 0.717) is 5.56 Å². The van der Waals surface area contributed by atoms with Crippen molar-refractivity contribution in [2.75, 3.05) is 0 Å². The van der Waals surface area contributed by atoms with Crippen LogP contribution in [0.2, 0.25) is 0 Å². The highest BCUT2D eigenvalue weighted by molar-refractivity contribution is 5.65. The lowest BCUT2D eigenvalue weighted by Crippen LogP contribution is -2.14. The van der Waals surface area contributed by atoms with Gasteiger partial charge in [0, 0.05) is 6.42 Å². The molecule has 0 saturated heterocycles. The molecule has 0 amide bonds. The first kappa shape index (κ1) is 12.5. The van der Waals surface area contributed by atoms with Crippen LogP contribution in [-0.4, -0.2) is 6.10 Å². The quantitative estimate of drug-likeness (QED) is 0.924. The van der Waals surface area contributed by atoms with Crippen LogP contribution in [0.25, 0.3) is 5.70 Å². The van der Waals surface area contributed by atoms with Crippen LogP contribution in [0.1, 0.15) is 16.7 Å². The Bertz CT molecular complexity index is 654. The summed E-state index contributed by atoms with van der Waals surface area (Å²) in [5.41, 5.74) is 6.85. The highest BCUT2D eigenvalue weighted by Crippen LogP contribution is 2.20. The Kier molecular flexibility index (Phi) is 3.49. The van der Waals surface area contributed by atoms with Crippen LogP contribution >= 0.6 is 0 Å². The Morgan fingerprint density at radius 2 is 1.80 bits per heavy atom. The zero-order valence-electron chi connectivity index (χ0n) is 10.9. The lowest BCUT2D eigenvalue weighted by atomic mass is 10.1. The summed E-state index contributed by atoms with van der Waals surface area (Å²) in [5, 5.41) is 8.80. The van der Waals surface area contributed by atoms with Crippen LogP contribution < -0.4 is 5.48 Å². The summed E-state index contributed by atoms with van der Waals surface area (Å²) in [5.74, 6) is 0. The number of hydrogen-bond acceptors (Lipinski definition) is 3. The molecule has 2 aromatic carbocycles. The molecule has 0 spiro atoms. The van der Waals surface area contributed by atoms with Gasteiger partial charge in [-0.2, -0.15) is 5.26 Å². The molecular weight excluding hydrogens is 248 g/mol. The van der Waals surface area contributed by atoms with Gasteiger partial charge in [-0.1, -0.05) is 42.5 Å². The monoisotopic (exact) mass is 262 g/mol. The molecule has 0 bridgehead atoms. The van der Waals surface area contributed by atoms with Crippen LogP contribution in [-0.2, 0) is 11.3 Å². The van der Waals surface area contributed by atoms with Crippen molar-refractivity contribution in [3.8, 4) is 6.07 Å². The van der Waals surface area contributed by atoms with Gasteiger partial charge in [-0.3, -0.25) is 10.3 Å². The van der Waals surface area contributed by atoms with Crippen molar-refractivity contribution in [3.63, 3.8) is 0 Å². The molecule has 1 aliphatic heterocycles. The molecule has 1 N–H and O–H groups in total. The first-order valence-electron chi connectivity index (χ1n) is 6.53. The number of rotatable bonds is 3. The Hall–Kier alpha value is -2.57. The Morgan fingerprint density at radius 3 is 2.50 bits per heavy atom. The third-order valence-corrected chi connectivity index (χ3v) is 3.28. The summed E-state index contributed by atoms with van der Waals surface area (Å²) < 4.78 is 0. The summed E-state index contributed by atoms with van der Waals surface area (Å²) >= 11 is 0. The summed E-state index contributed by atoms with van der Waals surface area (Å²) in [4.78, 5) is 5.57. The maximum absolute atomic E-state index is 8.80. The first-order chi connectivity index (χ1) is 9.85. The van der Waals surface area contributed by atoms with E-state index in [-0.39, 0.29) is 6.10 Å². The Labute approximate surface area is 118 Å². The van der Waals surface area contributed by atoms with Crippen LogP contribution in [0.3, 0.4) is 0 Å². The minimum Gasteiger partial charge on any atom is -0.268 e. The molecule has 0 fully saturated rings. The second-order valence-electron chi connectivity index (χ2n) is 4.72. The van der Waals surface area contributed by atoms with Gasteiger partial charge in [0.15, 0.2) is 0 Å². The third-order valence-electron chi connectivity index (χ3n) is 3.28. The van der Waals surface area contributed by atoms with E-state index < -0.39 is 0 Å². The molecule has 1 atom stereocenters. The predicted molar refractivity (Wildman–Crippen MR) is 77.3 cm³/mol. The number of nitrogens with zero attached hydrogens (tertiary/aromatic N) is 1. The molecule has 3 nitrogen and oxygen atoms in total. The fourth-order valence-corrected chi connectivity index (χ4v) is 2.22. The highest BCUT2D eigenvalue weighted by Gasteiger charge is 2.17. The maximum atomic E-state index is 8.80. The summed E-state index contributed by atoms with van der Waals surface area (Å²) in [6, 6.07) is 19.8. The Balaban J connectivity index is 1.73. The summed E-state index contributed by atoms with van der Waals surface area (Å²) in [6.45, 7) is 0. The van der Waals surface area contributed by atoms with Crippen LogP contribution in [0.5, 0.6) is 0 Å². The average Bonchev–Trinajstić information content (AvgIpc) is 2.97. The number of nitriles is 1. The first-order valence-corrected chi connectivity index (χ1v) is 6.53. The van der Waals surface area contributed by atoms with E-state index in [0.717, 1.165) is 17.7 Å². The molecule has 20 heavy (non-hydrogen) atoms. The number of benzene rings is 2. The topological polar surface area (TPSA) is 45.0 Å². The maximum Gasteiger partial charge on any atom is 0.110 e. The second kappa shape index (κ2) is 5.60. The van der Waals surface area contributed by atoms with Gasteiger partial charge in [0.1, 0.15) is 6.10 Å². The lowest BCUT2D eigenvalue weighted by Gasteiger charge is -2.07. The van der Waals surface area contributed by atoms with Gasteiger partial charge in [0.05, 0.1) is 17.3 Å². The van der Waals surface area contributed by atoms with Crippen molar-refractivity contribution < 1.29 is 4.84 Å². The van der Waals surface area contributed by atoms with Gasteiger partial charge in [-0.05, 0) is 29.3 Å². The van der Waals surface area contributed by atoms with E-state index in [2.05, 4.69) is 29.8 Å². The molecule has 1 heterocycles. The molecule has 3 rings (SSSR count). The van der Waals surface area contributed by atoms with Crippen molar-refractivity contribution >= 4 is 5.70 Å². The smallest absolute Gasteiger partial charge is 0.110 e. The van der Waals surface area contributed by atoms with Crippen molar-refractivity contribution in [1.82, 2.24) is 5.48 Å². The van der Waals surface area contributed by atoms with Gasteiger partial charge >= 0.3 is 0 Å². The second-order valence-corrected chi connectivity index (χ2v) is 4.72. The molecule has 3 heteroatoms. The normalized spacial score (nSPS) is 17.1. The number of nitrogens with one attached hydrogen (secondary N) is 1. The van der Waals surface area contributed by atoms with Crippen molar-refractivity contribution in [3.05, 3.63) is 77.4 Å². The van der Waals surface area contributed by atoms with Gasteiger partial charge in [-0.25, -0.2) is 0 Å². The van der Waals surface area contributed by atoms with Gasteiger partial charge in [-0.15, -0.1) is 0 Å². The van der Waals surface area contributed by atoms with E-state index in [1.54, 1.807) is 0 Å². The zero-order valence-corrected chi connectivity index (χ0v) is 10.9.